The summed E-state index contributed by atoms with van der Waals surface area (Å²) in [7, 11) is 0. The average molecular weight is 385 g/mol. The number of alkyl halides is 3. The number of benzene rings is 1. The molecule has 2 aromatic rings. The molecule has 0 saturated heterocycles. The highest BCUT2D eigenvalue weighted by Gasteiger charge is 2.30. The quantitative estimate of drug-likeness (QED) is 0.587. The van der Waals surface area contributed by atoms with Crippen molar-refractivity contribution < 1.29 is 17.9 Å². The van der Waals surface area contributed by atoms with Gasteiger partial charge in [0.15, 0.2) is 12.4 Å². The molecule has 140 valence electrons. The summed E-state index contributed by atoms with van der Waals surface area (Å²) in [6, 6.07) is 9.14. The first-order chi connectivity index (χ1) is 11.9. The lowest BCUT2D eigenvalue weighted by Crippen LogP contribution is -2.31. The zero-order chi connectivity index (χ0) is 17.9. The van der Waals surface area contributed by atoms with Crippen molar-refractivity contribution in [3.8, 4) is 0 Å². The third-order valence-corrected chi connectivity index (χ3v) is 4.44. The van der Waals surface area contributed by atoms with Crippen LogP contribution in [-0.2, 0) is 12.6 Å². The second-order valence-electron chi connectivity index (χ2n) is 6.17. The Bertz CT molecular complexity index is 760. The molecule has 1 aliphatic heterocycles. The lowest BCUT2D eigenvalue weighted by molar-refractivity contribution is -0.605. The molecule has 1 aromatic heterocycles. The molecular formula is C19H20ClF3N2O. The molecule has 0 unspecified atom stereocenters. The molecular weight excluding hydrogens is 365 g/mol. The molecule has 3 nitrogen and oxygen atoms in total. The Morgan fingerprint density at radius 1 is 1.12 bits per heavy atom. The first-order valence-electron chi connectivity index (χ1n) is 8.18. The molecule has 0 N–H and O–H groups in total. The maximum atomic E-state index is 12.8. The van der Waals surface area contributed by atoms with Crippen molar-refractivity contribution in [3.63, 3.8) is 0 Å². The molecule has 0 aliphatic carbocycles. The fraction of sp³-hybridized carbons (Fsp3) is 0.316. The Balaban J connectivity index is 0.00000243. The number of aromatic nitrogens is 1. The van der Waals surface area contributed by atoms with E-state index in [1.54, 1.807) is 18.2 Å². The molecule has 2 heterocycles. The van der Waals surface area contributed by atoms with Gasteiger partial charge < -0.3 is 5.21 Å². The van der Waals surface area contributed by atoms with Gasteiger partial charge in [-0.1, -0.05) is 18.2 Å². The number of halogens is 4. The summed E-state index contributed by atoms with van der Waals surface area (Å²) in [6.07, 6.45) is 2.24. The summed E-state index contributed by atoms with van der Waals surface area (Å²) >= 11 is 0. The Hall–Kier alpha value is -2.05. The minimum atomic E-state index is -4.31. The molecule has 0 radical (unpaired) electrons. The monoisotopic (exact) mass is 384 g/mol. The number of pyridine rings is 1. The van der Waals surface area contributed by atoms with Crippen LogP contribution in [0.4, 0.5) is 13.2 Å². The molecule has 3 rings (SSSR count). The van der Waals surface area contributed by atoms with E-state index in [9.17, 15) is 18.4 Å². The number of hydrogen-bond donors (Lipinski definition) is 0. The van der Waals surface area contributed by atoms with Gasteiger partial charge in [-0.25, -0.2) is 0 Å². The van der Waals surface area contributed by atoms with Crippen LogP contribution >= 0.6 is 12.4 Å². The van der Waals surface area contributed by atoms with Crippen LogP contribution in [0.3, 0.4) is 0 Å². The van der Waals surface area contributed by atoms with E-state index < -0.39 is 11.7 Å². The van der Waals surface area contributed by atoms with Gasteiger partial charge in [0.25, 0.3) is 0 Å². The van der Waals surface area contributed by atoms with E-state index in [1.165, 1.54) is 24.5 Å². The number of rotatable bonds is 4. The van der Waals surface area contributed by atoms with Gasteiger partial charge in [-0.15, -0.1) is 12.4 Å². The van der Waals surface area contributed by atoms with E-state index in [4.69, 9.17) is 0 Å². The first-order valence-corrected chi connectivity index (χ1v) is 8.18. The van der Waals surface area contributed by atoms with Crippen LogP contribution in [0.1, 0.15) is 23.1 Å². The number of nitrogens with zero attached hydrogens (tertiary/aromatic N) is 2. The summed E-state index contributed by atoms with van der Waals surface area (Å²) in [4.78, 5) is 2.26. The number of hydrogen-bond acceptors (Lipinski definition) is 2. The van der Waals surface area contributed by atoms with E-state index in [2.05, 4.69) is 4.90 Å². The molecule has 0 fully saturated rings. The van der Waals surface area contributed by atoms with Crippen LogP contribution < -0.4 is 4.73 Å². The highest BCUT2D eigenvalue weighted by atomic mass is 35.5. The second kappa shape index (κ2) is 8.56. The van der Waals surface area contributed by atoms with E-state index in [1.807, 2.05) is 6.08 Å². The molecule has 0 amide bonds. The minimum absolute atomic E-state index is 0. The summed E-state index contributed by atoms with van der Waals surface area (Å²) in [5, 5.41) is 11.0. The molecule has 0 saturated carbocycles. The fourth-order valence-corrected chi connectivity index (χ4v) is 2.97. The Morgan fingerprint density at radius 3 is 2.46 bits per heavy atom. The fourth-order valence-electron chi connectivity index (χ4n) is 2.97. The summed E-state index contributed by atoms with van der Waals surface area (Å²) in [5.41, 5.74) is 2.11. The third-order valence-electron chi connectivity index (χ3n) is 4.44. The van der Waals surface area contributed by atoms with Gasteiger partial charge in [-0.05, 0) is 41.7 Å². The van der Waals surface area contributed by atoms with Crippen LogP contribution in [0.2, 0.25) is 0 Å². The predicted molar refractivity (Wildman–Crippen MR) is 96.8 cm³/mol. The molecule has 1 aliphatic rings. The molecule has 1 aromatic carbocycles. The molecule has 0 spiro atoms. The van der Waals surface area contributed by atoms with E-state index in [0.29, 0.717) is 5.56 Å². The van der Waals surface area contributed by atoms with Crippen molar-refractivity contribution in [2.24, 2.45) is 0 Å². The second-order valence-corrected chi connectivity index (χ2v) is 6.17. The predicted octanol–water partition coefficient (Wildman–Crippen LogP) is 4.09. The van der Waals surface area contributed by atoms with Gasteiger partial charge in [-0.3, -0.25) is 4.90 Å². The summed E-state index contributed by atoms with van der Waals surface area (Å²) in [6.45, 7) is 2.39. The molecule has 0 bridgehead atoms. The highest BCUT2D eigenvalue weighted by molar-refractivity contribution is 5.85. The smallest absolute Gasteiger partial charge is 0.416 e. The standard InChI is InChI=1S/C19H19F3N2O.ClH/c20-19(21,22)18-3-1-2-17(14-18)16-7-10-23(11-8-16)9-4-15-5-12-24(25)13-6-15;/h1-3,5-7,12-14H,4,8-11H2;1H. The zero-order valence-corrected chi connectivity index (χ0v) is 14.9. The lowest BCUT2D eigenvalue weighted by Gasteiger charge is -2.26. The van der Waals surface area contributed by atoms with Crippen molar-refractivity contribution in [1.29, 1.82) is 0 Å². The maximum absolute atomic E-state index is 12.8. The van der Waals surface area contributed by atoms with Gasteiger partial charge in [-0.2, -0.15) is 17.9 Å². The topological polar surface area (TPSA) is 30.2 Å². The lowest BCUT2D eigenvalue weighted by atomic mass is 9.97. The minimum Gasteiger partial charge on any atom is -0.619 e. The van der Waals surface area contributed by atoms with Crippen molar-refractivity contribution in [1.82, 2.24) is 4.90 Å². The SMILES string of the molecule is Cl.[O-][n+]1ccc(CCN2CC=C(c3cccc(C(F)(F)F)c3)CC2)cc1. The Morgan fingerprint density at radius 2 is 1.85 bits per heavy atom. The van der Waals surface area contributed by atoms with Crippen molar-refractivity contribution in [2.45, 2.75) is 19.0 Å². The van der Waals surface area contributed by atoms with E-state index >= 15 is 0 Å². The van der Waals surface area contributed by atoms with Gasteiger partial charge in [0.2, 0.25) is 0 Å². The molecule has 7 heteroatoms. The van der Waals surface area contributed by atoms with Crippen molar-refractivity contribution in [2.75, 3.05) is 19.6 Å². The summed E-state index contributed by atoms with van der Waals surface area (Å²) < 4.78 is 39.3. The largest absolute Gasteiger partial charge is 0.619 e. The van der Waals surface area contributed by atoms with Crippen LogP contribution in [0.5, 0.6) is 0 Å². The van der Waals surface area contributed by atoms with Crippen molar-refractivity contribution in [3.05, 3.63) is 76.8 Å². The van der Waals surface area contributed by atoms with Gasteiger partial charge >= 0.3 is 6.18 Å². The molecule has 26 heavy (non-hydrogen) atoms. The van der Waals surface area contributed by atoms with Crippen LogP contribution in [-0.4, -0.2) is 24.5 Å². The van der Waals surface area contributed by atoms with Gasteiger partial charge in [0.05, 0.1) is 5.56 Å². The Kier molecular flexibility index (Phi) is 6.67. The Labute approximate surface area is 156 Å². The van der Waals surface area contributed by atoms with Crippen LogP contribution in [0.25, 0.3) is 5.57 Å². The van der Waals surface area contributed by atoms with Crippen molar-refractivity contribution >= 4 is 18.0 Å². The van der Waals surface area contributed by atoms with E-state index in [-0.39, 0.29) is 12.4 Å². The summed E-state index contributed by atoms with van der Waals surface area (Å²) in [5.74, 6) is 0. The zero-order valence-electron chi connectivity index (χ0n) is 14.1. The first kappa shape index (κ1) is 20.3. The van der Waals surface area contributed by atoms with Crippen LogP contribution in [0.15, 0.2) is 54.9 Å². The third kappa shape index (κ3) is 5.22. The van der Waals surface area contributed by atoms with Gasteiger partial charge in [0, 0.05) is 31.8 Å². The molecule has 0 atom stereocenters. The maximum Gasteiger partial charge on any atom is 0.416 e. The average Bonchev–Trinajstić information content (AvgIpc) is 2.61. The van der Waals surface area contributed by atoms with Gasteiger partial charge in [0.1, 0.15) is 0 Å². The normalized spacial score (nSPS) is 15.3. The van der Waals surface area contributed by atoms with Crippen LogP contribution in [0, 0.1) is 5.21 Å². The highest BCUT2D eigenvalue weighted by Crippen LogP contribution is 2.32. The van der Waals surface area contributed by atoms with E-state index in [0.717, 1.165) is 54.4 Å².